The van der Waals surface area contributed by atoms with Gasteiger partial charge in [0, 0.05) is 26.1 Å². The first-order valence-electron chi connectivity index (χ1n) is 8.89. The van der Waals surface area contributed by atoms with Gasteiger partial charge in [-0.2, -0.15) is 0 Å². The molecule has 1 aromatic carbocycles. The van der Waals surface area contributed by atoms with Gasteiger partial charge in [0.15, 0.2) is 0 Å². The van der Waals surface area contributed by atoms with Crippen molar-refractivity contribution in [1.29, 1.82) is 0 Å². The van der Waals surface area contributed by atoms with E-state index in [1.165, 1.54) is 11.1 Å². The molecule has 2 fully saturated rings. The second kappa shape index (κ2) is 6.27. The normalized spacial score (nSPS) is 25.9. The second-order valence-corrected chi connectivity index (χ2v) is 8.15. The smallest absolute Gasteiger partial charge is 0.222 e. The quantitative estimate of drug-likeness (QED) is 0.824. The van der Waals surface area contributed by atoms with E-state index in [0.29, 0.717) is 6.42 Å². The molecule has 1 spiro atoms. The maximum absolute atomic E-state index is 12.5. The first-order valence-corrected chi connectivity index (χ1v) is 8.89. The molecule has 0 unspecified atom stereocenters. The van der Waals surface area contributed by atoms with Crippen LogP contribution in [0.4, 0.5) is 0 Å². The van der Waals surface area contributed by atoms with E-state index in [4.69, 9.17) is 4.74 Å². The van der Waals surface area contributed by atoms with Crippen molar-refractivity contribution in [1.82, 2.24) is 4.90 Å². The average Bonchev–Trinajstić information content (AvgIpc) is 2.92. The van der Waals surface area contributed by atoms with E-state index in [9.17, 15) is 4.79 Å². The molecule has 2 heterocycles. The highest BCUT2D eigenvalue weighted by atomic mass is 16.5. The Balaban J connectivity index is 1.66. The molecule has 126 valence electrons. The van der Waals surface area contributed by atoms with Gasteiger partial charge in [-0.1, -0.05) is 45.0 Å². The number of carbonyl (C=O) groups excluding carboxylic acids is 1. The highest BCUT2D eigenvalue weighted by Gasteiger charge is 2.38. The number of benzene rings is 1. The van der Waals surface area contributed by atoms with Crippen LogP contribution in [0.15, 0.2) is 24.3 Å². The van der Waals surface area contributed by atoms with E-state index in [1.54, 1.807) is 0 Å². The summed E-state index contributed by atoms with van der Waals surface area (Å²) in [6.45, 7) is 9.08. The molecule has 0 aromatic heterocycles. The highest BCUT2D eigenvalue weighted by Crippen LogP contribution is 2.36. The number of hydrogen-bond acceptors (Lipinski definition) is 2. The fraction of sp³-hybridized carbons (Fsp3) is 0.650. The van der Waals surface area contributed by atoms with Crippen molar-refractivity contribution in [3.8, 4) is 0 Å². The lowest BCUT2D eigenvalue weighted by atomic mass is 9.87. The Bertz CT molecular complexity index is 550. The summed E-state index contributed by atoms with van der Waals surface area (Å²) in [7, 11) is 0. The molecule has 23 heavy (non-hydrogen) atoms. The first-order chi connectivity index (χ1) is 10.9. The maximum atomic E-state index is 12.5. The largest absolute Gasteiger partial charge is 0.375 e. The number of ether oxygens (including phenoxy) is 1. The van der Waals surface area contributed by atoms with E-state index in [2.05, 4.69) is 45.0 Å². The third-order valence-corrected chi connectivity index (χ3v) is 5.36. The molecule has 0 radical (unpaired) electrons. The van der Waals surface area contributed by atoms with Gasteiger partial charge in [-0.15, -0.1) is 0 Å². The van der Waals surface area contributed by atoms with Crippen LogP contribution in [0.5, 0.6) is 0 Å². The molecule has 3 rings (SSSR count). The molecule has 2 aliphatic heterocycles. The van der Waals surface area contributed by atoms with Crippen LogP contribution in [0.3, 0.4) is 0 Å². The summed E-state index contributed by atoms with van der Waals surface area (Å²) in [5.41, 5.74) is 2.71. The van der Waals surface area contributed by atoms with Crippen LogP contribution in [0.1, 0.15) is 64.0 Å². The SMILES string of the molecule is CC(C)(C)c1ccc(CN2CC[C@]3(CCCO3)CCC2=O)cc1. The minimum atomic E-state index is -0.0134. The predicted octanol–water partition coefficient (Wildman–Crippen LogP) is 4.05. The number of rotatable bonds is 2. The lowest BCUT2D eigenvalue weighted by Crippen LogP contribution is -2.32. The van der Waals surface area contributed by atoms with Gasteiger partial charge in [0.25, 0.3) is 0 Å². The summed E-state index contributed by atoms with van der Waals surface area (Å²) < 4.78 is 5.98. The molecule has 3 nitrogen and oxygen atoms in total. The fourth-order valence-electron chi connectivity index (χ4n) is 3.73. The lowest BCUT2D eigenvalue weighted by molar-refractivity contribution is -0.131. The lowest BCUT2D eigenvalue weighted by Gasteiger charge is -2.27. The Labute approximate surface area is 140 Å². The summed E-state index contributed by atoms with van der Waals surface area (Å²) in [4.78, 5) is 14.5. The van der Waals surface area contributed by atoms with Gasteiger partial charge in [0.05, 0.1) is 5.60 Å². The van der Waals surface area contributed by atoms with Crippen molar-refractivity contribution in [3.05, 3.63) is 35.4 Å². The van der Waals surface area contributed by atoms with Crippen molar-refractivity contribution < 1.29 is 9.53 Å². The van der Waals surface area contributed by atoms with Crippen LogP contribution < -0.4 is 0 Å². The number of likely N-dealkylation sites (tertiary alicyclic amines) is 1. The van der Waals surface area contributed by atoms with Gasteiger partial charge in [0.2, 0.25) is 5.91 Å². The Morgan fingerprint density at radius 1 is 1.13 bits per heavy atom. The van der Waals surface area contributed by atoms with Crippen molar-refractivity contribution >= 4 is 5.91 Å². The van der Waals surface area contributed by atoms with Crippen molar-refractivity contribution in [2.45, 2.75) is 70.4 Å². The highest BCUT2D eigenvalue weighted by molar-refractivity contribution is 5.76. The third kappa shape index (κ3) is 3.77. The summed E-state index contributed by atoms with van der Waals surface area (Å²) in [6, 6.07) is 8.72. The number of hydrogen-bond donors (Lipinski definition) is 0. The summed E-state index contributed by atoms with van der Waals surface area (Å²) in [6.07, 6.45) is 4.76. The number of nitrogens with zero attached hydrogens (tertiary/aromatic N) is 1. The van der Waals surface area contributed by atoms with Crippen LogP contribution in [0.2, 0.25) is 0 Å². The molecule has 2 saturated heterocycles. The van der Waals surface area contributed by atoms with Gasteiger partial charge in [0.1, 0.15) is 0 Å². The third-order valence-electron chi connectivity index (χ3n) is 5.36. The standard InChI is InChI=1S/C20H29NO2/c1-19(2,3)17-7-5-16(6-8-17)15-21-13-12-20(10-4-14-23-20)11-9-18(21)22/h5-8H,4,9-15H2,1-3H3/t20-/m0/s1. The molecule has 1 atom stereocenters. The van der Waals surface area contributed by atoms with Crippen LogP contribution in [0, 0.1) is 0 Å². The second-order valence-electron chi connectivity index (χ2n) is 8.15. The van der Waals surface area contributed by atoms with Crippen molar-refractivity contribution in [3.63, 3.8) is 0 Å². The molecule has 0 saturated carbocycles. The molecule has 1 aromatic rings. The summed E-state index contributed by atoms with van der Waals surface area (Å²) >= 11 is 0. The van der Waals surface area contributed by atoms with E-state index < -0.39 is 0 Å². The Hall–Kier alpha value is -1.35. The molecular formula is C20H29NO2. The van der Waals surface area contributed by atoms with Crippen molar-refractivity contribution in [2.24, 2.45) is 0 Å². The van der Waals surface area contributed by atoms with Gasteiger partial charge in [-0.05, 0) is 42.2 Å². The van der Waals surface area contributed by atoms with E-state index >= 15 is 0 Å². The Morgan fingerprint density at radius 3 is 2.48 bits per heavy atom. The zero-order valence-corrected chi connectivity index (χ0v) is 14.7. The van der Waals surface area contributed by atoms with Gasteiger partial charge in [-0.3, -0.25) is 4.79 Å². The molecule has 0 bridgehead atoms. The topological polar surface area (TPSA) is 29.5 Å². The molecular weight excluding hydrogens is 286 g/mol. The van der Waals surface area contributed by atoms with E-state index in [1.807, 2.05) is 4.90 Å². The minimum absolute atomic E-state index is 0.0134. The minimum Gasteiger partial charge on any atom is -0.375 e. The average molecular weight is 315 g/mol. The van der Waals surface area contributed by atoms with Crippen molar-refractivity contribution in [2.75, 3.05) is 13.2 Å². The zero-order chi connectivity index (χ0) is 16.5. The maximum Gasteiger partial charge on any atom is 0.222 e. The van der Waals surface area contributed by atoms with E-state index in [-0.39, 0.29) is 16.9 Å². The van der Waals surface area contributed by atoms with Gasteiger partial charge < -0.3 is 9.64 Å². The monoisotopic (exact) mass is 315 g/mol. The zero-order valence-electron chi connectivity index (χ0n) is 14.7. The van der Waals surface area contributed by atoms with Crippen LogP contribution in [0.25, 0.3) is 0 Å². The number of amides is 1. The number of carbonyl (C=O) groups is 1. The molecule has 1 amide bonds. The van der Waals surface area contributed by atoms with Crippen LogP contribution >= 0.6 is 0 Å². The molecule has 2 aliphatic rings. The summed E-state index contributed by atoms with van der Waals surface area (Å²) in [5.74, 6) is 0.275. The molecule has 0 aliphatic carbocycles. The van der Waals surface area contributed by atoms with Crippen LogP contribution in [-0.4, -0.2) is 29.6 Å². The Morgan fingerprint density at radius 2 is 1.87 bits per heavy atom. The first kappa shape index (κ1) is 16.5. The fourth-order valence-corrected chi connectivity index (χ4v) is 3.73. The predicted molar refractivity (Wildman–Crippen MR) is 92.3 cm³/mol. The molecule has 0 N–H and O–H groups in total. The summed E-state index contributed by atoms with van der Waals surface area (Å²) in [5, 5.41) is 0. The van der Waals surface area contributed by atoms with E-state index in [0.717, 1.165) is 45.4 Å². The van der Waals surface area contributed by atoms with Crippen LogP contribution in [-0.2, 0) is 21.5 Å². The molecule has 3 heteroatoms. The Kier molecular flexibility index (Phi) is 4.50. The van der Waals surface area contributed by atoms with Gasteiger partial charge >= 0.3 is 0 Å². The van der Waals surface area contributed by atoms with Gasteiger partial charge in [-0.25, -0.2) is 0 Å².